The normalized spacial score (nSPS) is 42.2. The van der Waals surface area contributed by atoms with Gasteiger partial charge < -0.3 is 14.6 Å². The summed E-state index contributed by atoms with van der Waals surface area (Å²) >= 11 is 0. The maximum Gasteiger partial charge on any atom is 0.305 e. The van der Waals surface area contributed by atoms with Crippen molar-refractivity contribution in [2.24, 2.45) is 45.3 Å². The molecule has 37 heavy (non-hydrogen) atoms. The van der Waals surface area contributed by atoms with E-state index in [1.165, 1.54) is 57.6 Å². The molecule has 0 heterocycles. The second-order valence-corrected chi connectivity index (χ2v) is 14.7. The van der Waals surface area contributed by atoms with E-state index in [1.807, 2.05) is 20.8 Å². The lowest BCUT2D eigenvalue weighted by Gasteiger charge is -2.61. The Morgan fingerprint density at radius 3 is 2.43 bits per heavy atom. The van der Waals surface area contributed by atoms with Gasteiger partial charge in [0.2, 0.25) is 0 Å². The zero-order chi connectivity index (χ0) is 27.4. The van der Waals surface area contributed by atoms with Crippen LogP contribution >= 0.6 is 0 Å². The van der Waals surface area contributed by atoms with Gasteiger partial charge in [0.25, 0.3) is 0 Å². The van der Waals surface area contributed by atoms with Gasteiger partial charge in [-0.15, -0.1) is 0 Å². The van der Waals surface area contributed by atoms with E-state index in [2.05, 4.69) is 34.3 Å². The molecule has 4 fully saturated rings. The topological polar surface area (TPSA) is 55.8 Å². The van der Waals surface area contributed by atoms with Gasteiger partial charge in [0.1, 0.15) is 0 Å². The maximum atomic E-state index is 12.2. The summed E-state index contributed by atoms with van der Waals surface area (Å²) in [6.07, 6.45) is 12.0. The number of hydrogen-bond acceptors (Lipinski definition) is 4. The van der Waals surface area contributed by atoms with Crippen LogP contribution in [0, 0.1) is 45.3 Å². The Kier molecular flexibility index (Phi) is 7.83. The van der Waals surface area contributed by atoms with E-state index in [9.17, 15) is 9.90 Å². The molecule has 0 aromatic rings. The molecule has 212 valence electrons. The number of aliphatic hydroxyl groups excluding tert-OH is 1. The molecule has 0 bridgehead atoms. The van der Waals surface area contributed by atoms with E-state index in [0.717, 1.165) is 25.2 Å². The summed E-state index contributed by atoms with van der Waals surface area (Å²) in [5.41, 5.74) is 2.16. The Balaban J connectivity index is 1.52. The third-order valence-electron chi connectivity index (χ3n) is 13.0. The lowest BCUT2D eigenvalue weighted by molar-refractivity contribution is -0.143. The molecule has 0 amide bonds. The molecule has 0 aliphatic heterocycles. The average molecular weight is 517 g/mol. The van der Waals surface area contributed by atoms with Crippen LogP contribution < -0.4 is 0 Å². The van der Waals surface area contributed by atoms with Crippen molar-refractivity contribution in [3.8, 4) is 0 Å². The Bertz CT molecular complexity index is 880. The van der Waals surface area contributed by atoms with Gasteiger partial charge in [0, 0.05) is 13.0 Å². The summed E-state index contributed by atoms with van der Waals surface area (Å²) in [4.78, 5) is 12.2. The Morgan fingerprint density at radius 1 is 1.11 bits per heavy atom. The smallest absolute Gasteiger partial charge is 0.305 e. The zero-order valence-corrected chi connectivity index (χ0v) is 25.3. The number of carbonyl (C=O) groups is 1. The first-order valence-electron chi connectivity index (χ1n) is 15.3. The number of rotatable bonds is 11. The number of carbonyl (C=O) groups excluding carboxylic acids is 1. The number of methoxy groups -OCH3 is 1. The molecule has 9 atom stereocenters. The van der Waals surface area contributed by atoms with E-state index in [-0.39, 0.29) is 11.4 Å². The van der Waals surface area contributed by atoms with Gasteiger partial charge in [0.15, 0.2) is 0 Å². The number of esters is 1. The number of aliphatic hydroxyl groups is 1. The van der Waals surface area contributed by atoms with Crippen molar-refractivity contribution in [2.75, 3.05) is 13.7 Å². The first kappa shape index (κ1) is 29.1. The molecule has 4 rings (SSSR count). The van der Waals surface area contributed by atoms with E-state index in [0.29, 0.717) is 47.0 Å². The fourth-order valence-electron chi connectivity index (χ4n) is 10.8. The van der Waals surface area contributed by atoms with Crippen molar-refractivity contribution in [3.63, 3.8) is 0 Å². The molecular formula is C33H56O4. The number of fused-ring (bicyclic) bond motifs is 2. The highest BCUT2D eigenvalue weighted by atomic mass is 16.5. The number of ether oxygens (including phenoxy) is 2. The maximum absolute atomic E-state index is 12.2. The fraction of sp³-hybridized carbons (Fsp3) is 0.909. The molecule has 4 saturated carbocycles. The van der Waals surface area contributed by atoms with Crippen molar-refractivity contribution in [1.82, 2.24) is 0 Å². The van der Waals surface area contributed by atoms with Gasteiger partial charge in [-0.25, -0.2) is 0 Å². The van der Waals surface area contributed by atoms with Gasteiger partial charge in [-0.05, 0) is 137 Å². The van der Waals surface area contributed by atoms with E-state index in [4.69, 9.17) is 9.47 Å². The van der Waals surface area contributed by atoms with Crippen LogP contribution in [0.5, 0.6) is 0 Å². The van der Waals surface area contributed by atoms with Crippen LogP contribution in [0.3, 0.4) is 0 Å². The lowest BCUT2D eigenvalue weighted by Crippen LogP contribution is -2.54. The largest absolute Gasteiger partial charge is 0.469 e. The minimum atomic E-state index is -0.485. The first-order valence-corrected chi connectivity index (χ1v) is 15.3. The van der Waals surface area contributed by atoms with Crippen LogP contribution in [0.25, 0.3) is 0 Å². The standard InChI is InChI=1S/C33H56O4/c1-10-37-29(5,6)27(34)14-11-23(4)25-15-17-31(8)26-13-12-24(22(2)3)32(18-16-28(35)36-9)21-33(26,32)20-19-30(25,31)7/h23-27,34H,2,10-21H2,1,3-9H3/t23?,24?,25-,26+,27?,30?,31?,32?,33?/m1/s1. The molecule has 0 radical (unpaired) electrons. The molecule has 1 N–H and O–H groups in total. The third kappa shape index (κ3) is 4.35. The van der Waals surface area contributed by atoms with Gasteiger partial charge >= 0.3 is 5.97 Å². The predicted octanol–water partition coefficient (Wildman–Crippen LogP) is 7.73. The van der Waals surface area contributed by atoms with Crippen LogP contribution in [0.4, 0.5) is 0 Å². The van der Waals surface area contributed by atoms with Crippen molar-refractivity contribution in [3.05, 3.63) is 12.2 Å². The second kappa shape index (κ2) is 9.95. The zero-order valence-electron chi connectivity index (χ0n) is 25.3. The monoisotopic (exact) mass is 516 g/mol. The predicted molar refractivity (Wildman–Crippen MR) is 150 cm³/mol. The molecule has 4 nitrogen and oxygen atoms in total. The molecule has 0 saturated heterocycles. The highest BCUT2D eigenvalue weighted by Gasteiger charge is 2.80. The lowest BCUT2D eigenvalue weighted by atomic mass is 9.43. The highest BCUT2D eigenvalue weighted by Crippen LogP contribution is 2.87. The van der Waals surface area contributed by atoms with Crippen molar-refractivity contribution >= 4 is 5.97 Å². The number of allylic oxidation sites excluding steroid dienone is 1. The molecule has 0 aromatic carbocycles. The van der Waals surface area contributed by atoms with Gasteiger partial charge in [-0.2, -0.15) is 0 Å². The van der Waals surface area contributed by atoms with Crippen LogP contribution in [-0.4, -0.2) is 36.5 Å². The van der Waals surface area contributed by atoms with E-state index < -0.39 is 11.7 Å². The Hall–Kier alpha value is -0.870. The van der Waals surface area contributed by atoms with Crippen LogP contribution in [0.15, 0.2) is 12.2 Å². The molecule has 7 unspecified atom stereocenters. The van der Waals surface area contributed by atoms with Gasteiger partial charge in [-0.3, -0.25) is 4.79 Å². The van der Waals surface area contributed by atoms with Crippen LogP contribution in [0.1, 0.15) is 119 Å². The quantitative estimate of drug-likeness (QED) is 0.225. The van der Waals surface area contributed by atoms with Crippen LogP contribution in [-0.2, 0) is 14.3 Å². The Morgan fingerprint density at radius 2 is 1.81 bits per heavy atom. The van der Waals surface area contributed by atoms with Crippen molar-refractivity contribution < 1.29 is 19.4 Å². The first-order chi connectivity index (χ1) is 17.2. The average Bonchev–Trinajstić information content (AvgIpc) is 3.43. The minimum absolute atomic E-state index is 0.0599. The third-order valence-corrected chi connectivity index (χ3v) is 13.0. The van der Waals surface area contributed by atoms with E-state index in [1.54, 1.807) is 0 Å². The molecule has 4 aliphatic rings. The molecular weight excluding hydrogens is 460 g/mol. The molecule has 0 aromatic heterocycles. The minimum Gasteiger partial charge on any atom is -0.469 e. The summed E-state index contributed by atoms with van der Waals surface area (Å²) in [5.74, 6) is 2.54. The molecule has 4 heteroatoms. The summed E-state index contributed by atoms with van der Waals surface area (Å²) in [6, 6.07) is 0. The van der Waals surface area contributed by atoms with E-state index >= 15 is 0 Å². The highest BCUT2D eigenvalue weighted by molar-refractivity contribution is 5.69. The summed E-state index contributed by atoms with van der Waals surface area (Å²) < 4.78 is 10.9. The molecule has 1 spiro atoms. The van der Waals surface area contributed by atoms with Crippen molar-refractivity contribution in [2.45, 2.75) is 131 Å². The Labute approximate surface area is 227 Å². The van der Waals surface area contributed by atoms with Gasteiger partial charge in [0.05, 0.1) is 18.8 Å². The summed E-state index contributed by atoms with van der Waals surface area (Å²) in [7, 11) is 1.52. The summed E-state index contributed by atoms with van der Waals surface area (Å²) in [5, 5.41) is 10.9. The van der Waals surface area contributed by atoms with Gasteiger partial charge in [-0.1, -0.05) is 32.9 Å². The van der Waals surface area contributed by atoms with Crippen LogP contribution in [0.2, 0.25) is 0 Å². The fourth-order valence-corrected chi connectivity index (χ4v) is 10.8. The number of hydrogen-bond donors (Lipinski definition) is 1. The summed E-state index contributed by atoms with van der Waals surface area (Å²) in [6.45, 7) is 21.0. The van der Waals surface area contributed by atoms with Crippen molar-refractivity contribution in [1.29, 1.82) is 0 Å². The SMILES string of the molecule is C=C(C)C1CC[C@H]2C3(C)CC[C@H](C(C)CCC(O)C(C)(C)OCC)C3(C)CCC23CC13CCC(=O)OC. The second-order valence-electron chi connectivity index (χ2n) is 14.7. The molecule has 4 aliphatic carbocycles.